The third-order valence-electron chi connectivity index (χ3n) is 8.79. The fraction of sp³-hybridized carbons (Fsp3) is 0.773. The lowest BCUT2D eigenvalue weighted by Crippen LogP contribution is -2.62. The van der Waals surface area contributed by atoms with Crippen LogP contribution in [0.4, 0.5) is 0 Å². The number of aliphatic hydroxyl groups excluding tert-OH is 1. The van der Waals surface area contributed by atoms with Crippen molar-refractivity contribution in [3.8, 4) is 0 Å². The van der Waals surface area contributed by atoms with Gasteiger partial charge < -0.3 is 10.2 Å². The molecule has 3 nitrogen and oxygen atoms in total. The molecular weight excluding hydrogens is 312 g/mol. The maximum absolute atomic E-state index is 11.9. The van der Waals surface area contributed by atoms with E-state index in [2.05, 4.69) is 20.8 Å². The van der Waals surface area contributed by atoms with Gasteiger partial charge in [0, 0.05) is 12.0 Å². The molecule has 3 heteroatoms. The van der Waals surface area contributed by atoms with Crippen LogP contribution in [0.2, 0.25) is 0 Å². The van der Waals surface area contributed by atoms with Crippen LogP contribution in [0, 0.1) is 34.5 Å². The first-order valence-electron chi connectivity index (χ1n) is 10.0. The number of hydrogen-bond donors (Lipinski definition) is 2. The molecule has 4 unspecified atom stereocenters. The molecule has 4 rings (SSSR count). The van der Waals surface area contributed by atoms with Crippen LogP contribution >= 0.6 is 0 Å². The monoisotopic (exact) mass is 344 g/mol. The van der Waals surface area contributed by atoms with Crippen molar-refractivity contribution in [1.29, 1.82) is 0 Å². The van der Waals surface area contributed by atoms with Gasteiger partial charge in [-0.3, -0.25) is 4.79 Å². The summed E-state index contributed by atoms with van der Waals surface area (Å²) in [6.45, 7) is 6.99. The van der Waals surface area contributed by atoms with E-state index in [0.29, 0.717) is 23.7 Å². The Labute approximate surface area is 151 Å². The largest absolute Gasteiger partial charge is 0.396 e. The first-order valence-corrected chi connectivity index (χ1v) is 10.0. The Morgan fingerprint density at radius 2 is 1.96 bits per heavy atom. The number of allylic oxidation sites excluding steroid dienone is 2. The van der Waals surface area contributed by atoms with Crippen molar-refractivity contribution in [3.63, 3.8) is 0 Å². The Hall–Kier alpha value is -0.930. The van der Waals surface area contributed by atoms with E-state index in [9.17, 15) is 15.0 Å². The van der Waals surface area contributed by atoms with Crippen LogP contribution in [-0.2, 0) is 4.79 Å². The van der Waals surface area contributed by atoms with Gasteiger partial charge in [0.1, 0.15) is 0 Å². The number of hydrogen-bond acceptors (Lipinski definition) is 3. The van der Waals surface area contributed by atoms with E-state index in [0.717, 1.165) is 37.7 Å². The zero-order valence-corrected chi connectivity index (χ0v) is 15.8. The average molecular weight is 344 g/mol. The number of ketones is 1. The molecule has 0 aromatic rings. The Morgan fingerprint density at radius 3 is 2.68 bits per heavy atom. The molecule has 0 amide bonds. The lowest BCUT2D eigenvalue weighted by Gasteiger charge is -2.62. The number of aliphatic hydroxyl groups is 2. The van der Waals surface area contributed by atoms with Gasteiger partial charge >= 0.3 is 0 Å². The van der Waals surface area contributed by atoms with Crippen molar-refractivity contribution >= 4 is 5.78 Å². The van der Waals surface area contributed by atoms with Gasteiger partial charge in [0.25, 0.3) is 0 Å². The van der Waals surface area contributed by atoms with Gasteiger partial charge in [-0.1, -0.05) is 25.5 Å². The Balaban J connectivity index is 1.71. The quantitative estimate of drug-likeness (QED) is 0.804. The Bertz CT molecular complexity index is 650. The minimum atomic E-state index is -0.740. The lowest BCUT2D eigenvalue weighted by atomic mass is 9.45. The molecule has 4 aliphatic rings. The molecule has 7 atom stereocenters. The van der Waals surface area contributed by atoms with E-state index in [1.54, 1.807) is 12.2 Å². The van der Waals surface area contributed by atoms with E-state index >= 15 is 0 Å². The molecule has 3 fully saturated rings. The van der Waals surface area contributed by atoms with Gasteiger partial charge in [-0.15, -0.1) is 0 Å². The Kier molecular flexibility index (Phi) is 3.87. The van der Waals surface area contributed by atoms with Crippen molar-refractivity contribution in [2.24, 2.45) is 34.5 Å². The highest BCUT2D eigenvalue weighted by molar-refractivity contribution is 6.01. The third-order valence-corrected chi connectivity index (χ3v) is 8.79. The van der Waals surface area contributed by atoms with Crippen molar-refractivity contribution in [3.05, 3.63) is 23.8 Å². The van der Waals surface area contributed by atoms with Crippen LogP contribution in [0.25, 0.3) is 0 Å². The van der Waals surface area contributed by atoms with Crippen molar-refractivity contribution < 1.29 is 15.0 Å². The molecule has 138 valence electrons. The SMILES string of the molecule is CC(CO)C1CCC2C3CCC4=CC(=O)C=C[C@]4(C)[C@@]3(O)CC[C@]12C. The number of rotatable bonds is 2. The molecule has 3 saturated carbocycles. The summed E-state index contributed by atoms with van der Waals surface area (Å²) in [5.74, 6) is 1.77. The topological polar surface area (TPSA) is 57.5 Å². The van der Waals surface area contributed by atoms with Gasteiger partial charge in [0.15, 0.2) is 5.78 Å². The smallest absolute Gasteiger partial charge is 0.178 e. The number of carbonyl (C=O) groups excluding carboxylic acids is 1. The second kappa shape index (κ2) is 5.53. The lowest BCUT2D eigenvalue weighted by molar-refractivity contribution is -0.177. The predicted octanol–water partition coefficient (Wildman–Crippen LogP) is 3.65. The summed E-state index contributed by atoms with van der Waals surface area (Å²) in [5, 5.41) is 21.6. The molecule has 2 N–H and O–H groups in total. The summed E-state index contributed by atoms with van der Waals surface area (Å²) < 4.78 is 0. The molecule has 0 radical (unpaired) electrons. The summed E-state index contributed by atoms with van der Waals surface area (Å²) in [4.78, 5) is 11.8. The van der Waals surface area contributed by atoms with Crippen LogP contribution < -0.4 is 0 Å². The first-order chi connectivity index (χ1) is 11.8. The molecule has 0 aromatic carbocycles. The van der Waals surface area contributed by atoms with Gasteiger partial charge in [0.2, 0.25) is 0 Å². The van der Waals surface area contributed by atoms with E-state index in [1.165, 1.54) is 6.42 Å². The van der Waals surface area contributed by atoms with E-state index in [-0.39, 0.29) is 17.8 Å². The fourth-order valence-corrected chi connectivity index (χ4v) is 7.24. The molecule has 25 heavy (non-hydrogen) atoms. The van der Waals surface area contributed by atoms with Crippen LogP contribution in [0.5, 0.6) is 0 Å². The summed E-state index contributed by atoms with van der Waals surface area (Å²) in [5.41, 5.74) is 0.215. The maximum atomic E-state index is 11.9. The van der Waals surface area contributed by atoms with E-state index in [4.69, 9.17) is 0 Å². The second-order valence-corrected chi connectivity index (χ2v) is 9.63. The highest BCUT2D eigenvalue weighted by Crippen LogP contribution is 2.68. The molecule has 4 aliphatic carbocycles. The van der Waals surface area contributed by atoms with Crippen LogP contribution in [0.1, 0.15) is 59.3 Å². The number of carbonyl (C=O) groups is 1. The van der Waals surface area contributed by atoms with E-state index < -0.39 is 11.0 Å². The number of fused-ring (bicyclic) bond motifs is 5. The summed E-state index contributed by atoms with van der Waals surface area (Å²) >= 11 is 0. The van der Waals surface area contributed by atoms with Crippen molar-refractivity contribution in [2.75, 3.05) is 6.61 Å². The first kappa shape index (κ1) is 17.5. The van der Waals surface area contributed by atoms with Crippen LogP contribution in [0.15, 0.2) is 23.8 Å². The molecule has 0 heterocycles. The summed E-state index contributed by atoms with van der Waals surface area (Å²) in [6.07, 6.45) is 11.5. The molecular formula is C22H32O3. The standard InChI is InChI=1S/C22H32O3/c1-14(13-23)17-6-7-18-19-5-4-15-12-16(24)8-9-21(15,3)22(19,25)11-10-20(17,18)2/h8-9,12,14,17-19,23,25H,4-7,10-11,13H2,1-3H3/t14?,17?,18?,19?,20-,21+,22-/m1/s1. The predicted molar refractivity (Wildman–Crippen MR) is 97.8 cm³/mol. The minimum Gasteiger partial charge on any atom is -0.396 e. The highest BCUT2D eigenvalue weighted by Gasteiger charge is 2.65. The fourth-order valence-electron chi connectivity index (χ4n) is 7.24. The third kappa shape index (κ3) is 2.15. The zero-order valence-electron chi connectivity index (χ0n) is 15.8. The second-order valence-electron chi connectivity index (χ2n) is 9.63. The summed E-state index contributed by atoms with van der Waals surface area (Å²) in [7, 11) is 0. The van der Waals surface area contributed by atoms with Crippen molar-refractivity contribution in [1.82, 2.24) is 0 Å². The zero-order chi connectivity index (χ0) is 18.0. The van der Waals surface area contributed by atoms with Gasteiger partial charge in [-0.25, -0.2) is 0 Å². The molecule has 0 saturated heterocycles. The normalized spacial score (nSPS) is 49.9. The molecule has 0 aromatic heterocycles. The average Bonchev–Trinajstić information content (AvgIpc) is 2.93. The van der Waals surface area contributed by atoms with E-state index in [1.807, 2.05) is 6.08 Å². The molecule has 0 aliphatic heterocycles. The van der Waals surface area contributed by atoms with Crippen LogP contribution in [-0.4, -0.2) is 28.2 Å². The molecule has 0 spiro atoms. The van der Waals surface area contributed by atoms with Crippen molar-refractivity contribution in [2.45, 2.75) is 64.9 Å². The van der Waals surface area contributed by atoms with Gasteiger partial charge in [0.05, 0.1) is 5.60 Å². The maximum Gasteiger partial charge on any atom is 0.178 e. The van der Waals surface area contributed by atoms with Gasteiger partial charge in [-0.2, -0.15) is 0 Å². The van der Waals surface area contributed by atoms with Gasteiger partial charge in [-0.05, 0) is 86.7 Å². The molecule has 0 bridgehead atoms. The highest BCUT2D eigenvalue weighted by atomic mass is 16.3. The van der Waals surface area contributed by atoms with Crippen LogP contribution in [0.3, 0.4) is 0 Å². The summed E-state index contributed by atoms with van der Waals surface area (Å²) in [6, 6.07) is 0. The minimum absolute atomic E-state index is 0.0628. The Morgan fingerprint density at radius 1 is 1.20 bits per heavy atom.